The van der Waals surface area contributed by atoms with Crippen LogP contribution in [0, 0.1) is 11.8 Å². The Kier molecular flexibility index (Phi) is 4.42. The lowest BCUT2D eigenvalue weighted by Crippen LogP contribution is -2.54. The average molecular weight is 269 g/mol. The fourth-order valence-electron chi connectivity index (χ4n) is 2.87. The summed E-state index contributed by atoms with van der Waals surface area (Å²) in [5, 5.41) is 6.03. The molecular formula is C13H23N3O3. The number of carbonyl (C=O) groups is 2. The number of fused-ring (bicyclic) bond motifs is 1. The number of urea groups is 1. The first-order chi connectivity index (χ1) is 9.06. The topological polar surface area (TPSA) is 70.7 Å². The average Bonchev–Trinajstić information content (AvgIpc) is 2.81. The number of nitrogens with zero attached hydrogens (tertiary/aromatic N) is 1. The van der Waals surface area contributed by atoms with E-state index in [4.69, 9.17) is 4.74 Å². The Morgan fingerprint density at radius 1 is 1.47 bits per heavy atom. The quantitative estimate of drug-likeness (QED) is 0.698. The molecule has 4 unspecified atom stereocenters. The highest BCUT2D eigenvalue weighted by Crippen LogP contribution is 2.25. The van der Waals surface area contributed by atoms with Crippen molar-refractivity contribution < 1.29 is 14.3 Å². The Labute approximate surface area is 113 Å². The third-order valence-corrected chi connectivity index (χ3v) is 4.05. The molecule has 2 amide bonds. The van der Waals surface area contributed by atoms with E-state index in [1.807, 2.05) is 13.8 Å². The molecule has 0 bridgehead atoms. The van der Waals surface area contributed by atoms with E-state index in [-0.39, 0.29) is 36.1 Å². The third kappa shape index (κ3) is 2.90. The maximum atomic E-state index is 11.6. The Hall–Kier alpha value is -1.14. The van der Waals surface area contributed by atoms with Crippen molar-refractivity contribution in [2.75, 3.05) is 26.7 Å². The van der Waals surface area contributed by atoms with Crippen molar-refractivity contribution in [3.05, 3.63) is 0 Å². The van der Waals surface area contributed by atoms with Crippen molar-refractivity contribution in [2.45, 2.75) is 32.1 Å². The Morgan fingerprint density at radius 2 is 2.21 bits per heavy atom. The van der Waals surface area contributed by atoms with Crippen LogP contribution in [-0.4, -0.2) is 62.1 Å². The van der Waals surface area contributed by atoms with Gasteiger partial charge in [-0.15, -0.1) is 0 Å². The number of nitrogens with one attached hydrogen (secondary N) is 2. The lowest BCUT2D eigenvalue weighted by Gasteiger charge is -2.36. The molecule has 2 aliphatic rings. The Bertz CT molecular complexity index is 348. The first-order valence-corrected chi connectivity index (χ1v) is 6.87. The first-order valence-electron chi connectivity index (χ1n) is 6.87. The van der Waals surface area contributed by atoms with Gasteiger partial charge in [0.05, 0.1) is 24.8 Å². The summed E-state index contributed by atoms with van der Waals surface area (Å²) in [6.45, 7) is 5.96. The second kappa shape index (κ2) is 5.88. The fraction of sp³-hybridized carbons (Fsp3) is 0.846. The van der Waals surface area contributed by atoms with Gasteiger partial charge in [0.15, 0.2) is 0 Å². The summed E-state index contributed by atoms with van der Waals surface area (Å²) in [6, 6.07) is 0.0974. The van der Waals surface area contributed by atoms with Crippen molar-refractivity contribution >= 4 is 12.3 Å². The van der Waals surface area contributed by atoms with E-state index in [1.165, 1.54) is 0 Å². The van der Waals surface area contributed by atoms with Gasteiger partial charge in [-0.3, -0.25) is 0 Å². The van der Waals surface area contributed by atoms with Crippen LogP contribution in [0.1, 0.15) is 13.8 Å². The highest BCUT2D eigenvalue weighted by Gasteiger charge is 2.42. The van der Waals surface area contributed by atoms with Crippen LogP contribution in [0.2, 0.25) is 0 Å². The van der Waals surface area contributed by atoms with E-state index in [9.17, 15) is 9.59 Å². The number of hydrogen-bond acceptors (Lipinski definition) is 4. The largest absolute Gasteiger partial charge is 0.369 e. The molecule has 0 aliphatic carbocycles. The minimum Gasteiger partial charge on any atom is -0.369 e. The van der Waals surface area contributed by atoms with Crippen molar-refractivity contribution in [1.82, 2.24) is 15.5 Å². The third-order valence-electron chi connectivity index (χ3n) is 4.05. The molecule has 0 radical (unpaired) electrons. The zero-order valence-corrected chi connectivity index (χ0v) is 11.8. The van der Waals surface area contributed by atoms with Crippen molar-refractivity contribution in [1.29, 1.82) is 0 Å². The number of rotatable bonds is 3. The second-order valence-electron chi connectivity index (χ2n) is 5.65. The molecule has 0 saturated carbocycles. The summed E-state index contributed by atoms with van der Waals surface area (Å²) < 4.78 is 6.03. The molecule has 2 aliphatic heterocycles. The molecule has 19 heavy (non-hydrogen) atoms. The van der Waals surface area contributed by atoms with E-state index in [0.717, 1.165) is 6.29 Å². The molecule has 4 atom stereocenters. The predicted octanol–water partition coefficient (Wildman–Crippen LogP) is -0.162. The second-order valence-corrected chi connectivity index (χ2v) is 5.65. The van der Waals surface area contributed by atoms with Gasteiger partial charge in [-0.2, -0.15) is 0 Å². The lowest BCUT2D eigenvalue weighted by molar-refractivity contribution is -0.125. The summed E-state index contributed by atoms with van der Waals surface area (Å²) in [7, 11) is 1.63. The normalized spacial score (nSPS) is 32.0. The minimum atomic E-state index is -0.0949. The number of carbonyl (C=O) groups excluding carboxylic acids is 2. The summed E-state index contributed by atoms with van der Waals surface area (Å²) >= 11 is 0. The van der Waals surface area contributed by atoms with E-state index in [0.29, 0.717) is 19.6 Å². The van der Waals surface area contributed by atoms with Crippen LogP contribution in [0.4, 0.5) is 4.79 Å². The molecule has 2 fully saturated rings. The molecular weight excluding hydrogens is 246 g/mol. The molecule has 0 aromatic carbocycles. The van der Waals surface area contributed by atoms with Gasteiger partial charge in [-0.05, 0) is 5.92 Å². The monoisotopic (exact) mass is 269 g/mol. The molecule has 2 heterocycles. The molecule has 108 valence electrons. The lowest BCUT2D eigenvalue weighted by atomic mass is 9.90. The Balaban J connectivity index is 1.97. The smallest absolute Gasteiger partial charge is 0.317 e. The standard InChI is InChI=1S/C13H23N3O3/c1-8(2)9(7-17)11-4-15-10-5-16(13(18)14-3)6-12(10)19-11/h7-12,15H,4-6H2,1-3H3,(H,14,18). The zero-order chi connectivity index (χ0) is 14.0. The van der Waals surface area contributed by atoms with Crippen LogP contribution in [0.3, 0.4) is 0 Å². The molecule has 0 aromatic rings. The van der Waals surface area contributed by atoms with Crippen LogP contribution in [-0.2, 0) is 9.53 Å². The molecule has 2 N–H and O–H groups in total. The number of aldehydes is 1. The molecule has 6 nitrogen and oxygen atoms in total. The SMILES string of the molecule is CNC(=O)N1CC2NCC(C(C=O)C(C)C)OC2C1. The van der Waals surface area contributed by atoms with Gasteiger partial charge in [0, 0.05) is 26.1 Å². The number of ether oxygens (including phenoxy) is 1. The number of morpholine rings is 1. The van der Waals surface area contributed by atoms with E-state index >= 15 is 0 Å². The van der Waals surface area contributed by atoms with Gasteiger partial charge in [0.2, 0.25) is 0 Å². The molecule has 0 spiro atoms. The summed E-state index contributed by atoms with van der Waals surface area (Å²) in [5.41, 5.74) is 0. The summed E-state index contributed by atoms with van der Waals surface area (Å²) in [6.07, 6.45) is 0.878. The summed E-state index contributed by atoms with van der Waals surface area (Å²) in [4.78, 5) is 24.5. The molecule has 2 rings (SSSR count). The van der Waals surface area contributed by atoms with Crippen molar-refractivity contribution in [3.8, 4) is 0 Å². The van der Waals surface area contributed by atoms with Crippen molar-refractivity contribution in [3.63, 3.8) is 0 Å². The van der Waals surface area contributed by atoms with Gasteiger partial charge < -0.3 is 25.1 Å². The molecule has 0 aromatic heterocycles. The molecule has 6 heteroatoms. The zero-order valence-electron chi connectivity index (χ0n) is 11.8. The van der Waals surface area contributed by atoms with Crippen LogP contribution < -0.4 is 10.6 Å². The van der Waals surface area contributed by atoms with Gasteiger partial charge in [0.1, 0.15) is 6.29 Å². The maximum absolute atomic E-state index is 11.6. The van der Waals surface area contributed by atoms with E-state index < -0.39 is 0 Å². The number of hydrogen-bond donors (Lipinski definition) is 2. The van der Waals surface area contributed by atoms with E-state index in [2.05, 4.69) is 10.6 Å². The first kappa shape index (κ1) is 14.3. The molecule has 2 saturated heterocycles. The summed E-state index contributed by atoms with van der Waals surface area (Å²) in [5.74, 6) is 0.166. The highest BCUT2D eigenvalue weighted by molar-refractivity contribution is 5.74. The van der Waals surface area contributed by atoms with E-state index in [1.54, 1.807) is 11.9 Å². The van der Waals surface area contributed by atoms with Gasteiger partial charge >= 0.3 is 6.03 Å². The minimum absolute atomic E-state index is 0.0164. The highest BCUT2D eigenvalue weighted by atomic mass is 16.5. The van der Waals surface area contributed by atoms with Crippen LogP contribution in [0.15, 0.2) is 0 Å². The van der Waals surface area contributed by atoms with Crippen molar-refractivity contribution in [2.24, 2.45) is 11.8 Å². The fourth-order valence-corrected chi connectivity index (χ4v) is 2.87. The van der Waals surface area contributed by atoms with Gasteiger partial charge in [-0.1, -0.05) is 13.8 Å². The van der Waals surface area contributed by atoms with Crippen LogP contribution in [0.25, 0.3) is 0 Å². The number of likely N-dealkylation sites (tertiary alicyclic amines) is 1. The van der Waals surface area contributed by atoms with Gasteiger partial charge in [-0.25, -0.2) is 4.79 Å². The predicted molar refractivity (Wildman–Crippen MR) is 70.9 cm³/mol. The maximum Gasteiger partial charge on any atom is 0.317 e. The van der Waals surface area contributed by atoms with Crippen LogP contribution in [0.5, 0.6) is 0 Å². The van der Waals surface area contributed by atoms with Gasteiger partial charge in [0.25, 0.3) is 0 Å². The Morgan fingerprint density at radius 3 is 2.79 bits per heavy atom. The number of amides is 2. The van der Waals surface area contributed by atoms with Crippen LogP contribution >= 0.6 is 0 Å².